The maximum absolute atomic E-state index is 12.4. The molecule has 0 atom stereocenters. The second kappa shape index (κ2) is 7.79. The third kappa shape index (κ3) is 4.46. The summed E-state index contributed by atoms with van der Waals surface area (Å²) in [4.78, 5) is 26.4. The van der Waals surface area contributed by atoms with Crippen LogP contribution in [0.5, 0.6) is 11.8 Å². The van der Waals surface area contributed by atoms with Crippen molar-refractivity contribution in [3.8, 4) is 11.8 Å². The molecule has 1 N–H and O–H groups in total. The summed E-state index contributed by atoms with van der Waals surface area (Å²) >= 11 is 5.99. The third-order valence-corrected chi connectivity index (χ3v) is 3.56. The molecule has 0 radical (unpaired) electrons. The summed E-state index contributed by atoms with van der Waals surface area (Å²) in [7, 11) is 3.66. The van der Waals surface area contributed by atoms with E-state index in [4.69, 9.17) is 16.3 Å². The van der Waals surface area contributed by atoms with Crippen LogP contribution in [0.1, 0.15) is 10.4 Å². The highest BCUT2D eigenvalue weighted by atomic mass is 35.5. The zero-order valence-electron chi connectivity index (χ0n) is 14.2. The molecule has 7 nitrogen and oxygen atoms in total. The minimum atomic E-state index is -0.280. The van der Waals surface area contributed by atoms with Crippen LogP contribution in [-0.2, 0) is 0 Å². The summed E-state index contributed by atoms with van der Waals surface area (Å²) in [6.07, 6.45) is 3.19. The fourth-order valence-corrected chi connectivity index (χ4v) is 2.30. The monoisotopic (exact) mass is 369 g/mol. The van der Waals surface area contributed by atoms with E-state index in [1.165, 1.54) is 6.07 Å². The molecule has 132 valence electrons. The Morgan fingerprint density at radius 2 is 1.81 bits per heavy atom. The lowest BCUT2D eigenvalue weighted by Crippen LogP contribution is -2.15. The number of anilines is 2. The maximum atomic E-state index is 12.4. The number of halogens is 1. The Morgan fingerprint density at radius 3 is 2.46 bits per heavy atom. The first-order chi connectivity index (χ1) is 12.5. The Hall–Kier alpha value is -3.19. The van der Waals surface area contributed by atoms with Crippen molar-refractivity contribution < 1.29 is 9.53 Å². The number of benzene rings is 1. The molecule has 8 heteroatoms. The van der Waals surface area contributed by atoms with Crippen molar-refractivity contribution >= 4 is 29.0 Å². The van der Waals surface area contributed by atoms with Crippen LogP contribution >= 0.6 is 11.6 Å². The third-order valence-electron chi connectivity index (χ3n) is 3.36. The van der Waals surface area contributed by atoms with E-state index in [9.17, 15) is 4.79 Å². The standard InChI is InChI=1S/C18H16ClN5O2/c1-24(2)16-11-12(10-15(19)23-16)17(25)22-13-4-6-14(7-5-13)26-18-20-8-3-9-21-18/h3-11H,1-2H3,(H,22,25). The average Bonchev–Trinajstić information content (AvgIpc) is 2.63. The number of ether oxygens (including phenoxy) is 1. The molecule has 0 aliphatic carbocycles. The average molecular weight is 370 g/mol. The van der Waals surface area contributed by atoms with Crippen LogP contribution in [0.2, 0.25) is 5.15 Å². The minimum absolute atomic E-state index is 0.256. The fourth-order valence-electron chi connectivity index (χ4n) is 2.10. The molecule has 2 aromatic heterocycles. The molecule has 0 saturated heterocycles. The van der Waals surface area contributed by atoms with Crippen molar-refractivity contribution in [3.05, 3.63) is 65.6 Å². The van der Waals surface area contributed by atoms with Gasteiger partial charge in [-0.1, -0.05) is 11.6 Å². The summed E-state index contributed by atoms with van der Waals surface area (Å²) in [6, 6.07) is 12.1. The number of amides is 1. The van der Waals surface area contributed by atoms with Crippen LogP contribution in [0.25, 0.3) is 0 Å². The number of nitrogens with one attached hydrogen (secondary N) is 1. The Kier molecular flexibility index (Phi) is 5.28. The first-order valence-corrected chi connectivity index (χ1v) is 8.10. The van der Waals surface area contributed by atoms with E-state index in [1.807, 2.05) is 14.1 Å². The predicted octanol–water partition coefficient (Wildman–Crippen LogP) is 3.64. The molecule has 0 aliphatic heterocycles. The molecule has 1 aromatic carbocycles. The highest BCUT2D eigenvalue weighted by Crippen LogP contribution is 2.21. The largest absolute Gasteiger partial charge is 0.424 e. The van der Waals surface area contributed by atoms with Gasteiger partial charge >= 0.3 is 6.01 Å². The summed E-state index contributed by atoms with van der Waals surface area (Å²) in [5, 5.41) is 3.07. The Labute approximate surface area is 155 Å². The number of nitrogens with zero attached hydrogens (tertiary/aromatic N) is 4. The fraction of sp³-hybridized carbons (Fsp3) is 0.111. The van der Waals surface area contributed by atoms with Gasteiger partial charge in [-0.05, 0) is 42.5 Å². The van der Waals surface area contributed by atoms with Gasteiger partial charge in [-0.2, -0.15) is 0 Å². The molecule has 3 rings (SSSR count). The summed E-state index contributed by atoms with van der Waals surface area (Å²) in [5.74, 6) is 0.891. The molecule has 0 saturated carbocycles. The first-order valence-electron chi connectivity index (χ1n) is 7.72. The predicted molar refractivity (Wildman–Crippen MR) is 100 cm³/mol. The Bertz CT molecular complexity index is 901. The van der Waals surface area contributed by atoms with E-state index in [0.29, 0.717) is 22.8 Å². The quantitative estimate of drug-likeness (QED) is 0.691. The molecule has 3 aromatic rings. The highest BCUT2D eigenvalue weighted by molar-refractivity contribution is 6.30. The van der Waals surface area contributed by atoms with Gasteiger partial charge in [-0.3, -0.25) is 4.79 Å². The Balaban J connectivity index is 1.70. The lowest BCUT2D eigenvalue weighted by molar-refractivity contribution is 0.102. The lowest BCUT2D eigenvalue weighted by Gasteiger charge is -2.13. The molecular weight excluding hydrogens is 354 g/mol. The molecule has 0 spiro atoms. The Morgan fingerprint density at radius 1 is 1.12 bits per heavy atom. The van der Waals surface area contributed by atoms with Crippen molar-refractivity contribution in [3.63, 3.8) is 0 Å². The summed E-state index contributed by atoms with van der Waals surface area (Å²) in [5.41, 5.74) is 1.04. The number of carbonyl (C=O) groups excluding carboxylic acids is 1. The zero-order valence-corrected chi connectivity index (χ0v) is 14.9. The van der Waals surface area contributed by atoms with Crippen molar-refractivity contribution in [1.82, 2.24) is 15.0 Å². The van der Waals surface area contributed by atoms with Gasteiger partial charge in [0.05, 0.1) is 0 Å². The molecule has 0 bridgehead atoms. The van der Waals surface area contributed by atoms with Gasteiger partial charge < -0.3 is 15.0 Å². The van der Waals surface area contributed by atoms with Crippen molar-refractivity contribution in [2.45, 2.75) is 0 Å². The molecular formula is C18H16ClN5O2. The van der Waals surface area contributed by atoms with Crippen molar-refractivity contribution in [1.29, 1.82) is 0 Å². The van der Waals surface area contributed by atoms with Gasteiger partial charge in [0.1, 0.15) is 16.7 Å². The van der Waals surface area contributed by atoms with Crippen LogP contribution in [0.15, 0.2) is 54.9 Å². The normalized spacial score (nSPS) is 10.3. The molecule has 26 heavy (non-hydrogen) atoms. The summed E-state index contributed by atoms with van der Waals surface area (Å²) in [6.45, 7) is 0. The van der Waals surface area contributed by atoms with E-state index >= 15 is 0 Å². The number of pyridine rings is 1. The van der Waals surface area contributed by atoms with Crippen LogP contribution in [0, 0.1) is 0 Å². The second-order valence-corrected chi connectivity index (χ2v) is 5.93. The second-order valence-electron chi connectivity index (χ2n) is 5.54. The van der Waals surface area contributed by atoms with Gasteiger partial charge in [0, 0.05) is 37.7 Å². The molecule has 0 aliphatic rings. The van der Waals surface area contributed by atoms with Gasteiger partial charge in [0.2, 0.25) is 0 Å². The number of carbonyl (C=O) groups is 1. The number of aromatic nitrogens is 3. The number of rotatable bonds is 5. The van der Waals surface area contributed by atoms with Gasteiger partial charge in [-0.15, -0.1) is 0 Å². The molecule has 1 amide bonds. The number of hydrogen-bond acceptors (Lipinski definition) is 6. The van der Waals surface area contributed by atoms with Crippen molar-refractivity contribution in [2.24, 2.45) is 0 Å². The van der Waals surface area contributed by atoms with E-state index in [2.05, 4.69) is 20.3 Å². The van der Waals surface area contributed by atoms with Crippen LogP contribution in [0.3, 0.4) is 0 Å². The minimum Gasteiger partial charge on any atom is -0.424 e. The van der Waals surface area contributed by atoms with Gasteiger partial charge in [0.15, 0.2) is 0 Å². The van der Waals surface area contributed by atoms with Crippen LogP contribution in [0.4, 0.5) is 11.5 Å². The molecule has 2 heterocycles. The highest BCUT2D eigenvalue weighted by Gasteiger charge is 2.11. The van der Waals surface area contributed by atoms with Crippen LogP contribution < -0.4 is 15.0 Å². The maximum Gasteiger partial charge on any atom is 0.321 e. The molecule has 0 fully saturated rings. The zero-order chi connectivity index (χ0) is 18.5. The van der Waals surface area contributed by atoms with E-state index in [0.717, 1.165) is 0 Å². The first kappa shape index (κ1) is 17.6. The SMILES string of the molecule is CN(C)c1cc(C(=O)Nc2ccc(Oc3ncccn3)cc2)cc(Cl)n1. The van der Waals surface area contributed by atoms with Gasteiger partial charge in [0.25, 0.3) is 5.91 Å². The smallest absolute Gasteiger partial charge is 0.321 e. The number of hydrogen-bond donors (Lipinski definition) is 1. The summed E-state index contributed by atoms with van der Waals surface area (Å²) < 4.78 is 5.51. The lowest BCUT2D eigenvalue weighted by atomic mass is 10.2. The topological polar surface area (TPSA) is 80.2 Å². The van der Waals surface area contributed by atoms with Crippen LogP contribution in [-0.4, -0.2) is 35.0 Å². The van der Waals surface area contributed by atoms with Gasteiger partial charge in [-0.25, -0.2) is 15.0 Å². The molecule has 0 unspecified atom stereocenters. The van der Waals surface area contributed by atoms with Crippen molar-refractivity contribution in [2.75, 3.05) is 24.3 Å². The van der Waals surface area contributed by atoms with E-state index in [1.54, 1.807) is 53.7 Å². The van der Waals surface area contributed by atoms with E-state index in [-0.39, 0.29) is 17.1 Å². The van der Waals surface area contributed by atoms with E-state index < -0.39 is 0 Å².